The number of nitrogens with two attached hydrogens (primary N) is 1. The summed E-state index contributed by atoms with van der Waals surface area (Å²) in [6.07, 6.45) is 1.65. The van der Waals surface area contributed by atoms with Crippen LogP contribution in [0.5, 0.6) is 0 Å². The van der Waals surface area contributed by atoms with Crippen LogP contribution < -0.4 is 10.6 Å². The highest BCUT2D eigenvalue weighted by atomic mass is 16.4. The lowest BCUT2D eigenvalue weighted by molar-refractivity contribution is 0.318. The Balaban J connectivity index is 2.19. The Morgan fingerprint density at radius 3 is 2.85 bits per heavy atom. The van der Waals surface area contributed by atoms with Gasteiger partial charge in [0.05, 0.1) is 0 Å². The monoisotopic (exact) mass is 270 g/mol. The zero-order valence-corrected chi connectivity index (χ0v) is 11.6. The van der Waals surface area contributed by atoms with Gasteiger partial charge in [-0.1, -0.05) is 35.0 Å². The van der Waals surface area contributed by atoms with Gasteiger partial charge in [0, 0.05) is 25.4 Å². The topological polar surface area (TPSA) is 74.7 Å². The summed E-state index contributed by atoms with van der Waals surface area (Å²) < 4.78 is 0. The molecule has 0 unspecified atom stereocenters. The van der Waals surface area contributed by atoms with Crippen molar-refractivity contribution in [1.29, 1.82) is 0 Å². The van der Waals surface area contributed by atoms with Gasteiger partial charge < -0.3 is 15.8 Å². The van der Waals surface area contributed by atoms with E-state index in [9.17, 15) is 0 Å². The van der Waals surface area contributed by atoms with E-state index in [0.29, 0.717) is 5.56 Å². The van der Waals surface area contributed by atoms with Crippen LogP contribution in [0.25, 0.3) is 0 Å². The van der Waals surface area contributed by atoms with Gasteiger partial charge in [0.1, 0.15) is 5.82 Å². The largest absolute Gasteiger partial charge is 0.409 e. The molecule has 3 N–H and O–H groups in total. The summed E-state index contributed by atoms with van der Waals surface area (Å²) in [5.74, 6) is 0.855. The van der Waals surface area contributed by atoms with Crippen LogP contribution in [0.1, 0.15) is 16.7 Å². The van der Waals surface area contributed by atoms with E-state index in [1.807, 2.05) is 18.0 Å². The third-order valence-electron chi connectivity index (χ3n) is 3.04. The Bertz CT molecular complexity index is 625. The van der Waals surface area contributed by atoms with Gasteiger partial charge in [-0.05, 0) is 24.6 Å². The van der Waals surface area contributed by atoms with E-state index in [0.717, 1.165) is 12.4 Å². The fourth-order valence-electron chi connectivity index (χ4n) is 2.01. The molecule has 0 fully saturated rings. The molecule has 5 nitrogen and oxygen atoms in total. The number of oxime groups is 1. The van der Waals surface area contributed by atoms with Crippen LogP contribution in [0.4, 0.5) is 5.82 Å². The lowest BCUT2D eigenvalue weighted by Crippen LogP contribution is -2.19. The summed E-state index contributed by atoms with van der Waals surface area (Å²) in [5.41, 5.74) is 8.68. The summed E-state index contributed by atoms with van der Waals surface area (Å²) in [4.78, 5) is 6.33. The molecule has 0 amide bonds. The Morgan fingerprint density at radius 1 is 1.35 bits per heavy atom. The molecule has 0 saturated heterocycles. The van der Waals surface area contributed by atoms with Crippen LogP contribution in [0.2, 0.25) is 0 Å². The molecule has 2 aromatic rings. The highest BCUT2D eigenvalue weighted by molar-refractivity contribution is 5.97. The smallest absolute Gasteiger partial charge is 0.170 e. The van der Waals surface area contributed by atoms with Crippen molar-refractivity contribution in [2.75, 3.05) is 11.9 Å². The molecular formula is C15H18N4O. The number of aromatic nitrogens is 1. The van der Waals surface area contributed by atoms with Crippen LogP contribution in [-0.2, 0) is 6.54 Å². The molecule has 1 aromatic heterocycles. The number of hydrogen-bond acceptors (Lipinski definition) is 4. The average Bonchev–Trinajstić information content (AvgIpc) is 2.46. The quantitative estimate of drug-likeness (QED) is 0.386. The van der Waals surface area contributed by atoms with Crippen molar-refractivity contribution in [2.24, 2.45) is 10.9 Å². The van der Waals surface area contributed by atoms with Crippen molar-refractivity contribution in [3.05, 3.63) is 59.3 Å². The van der Waals surface area contributed by atoms with Gasteiger partial charge in [0.25, 0.3) is 0 Å². The summed E-state index contributed by atoms with van der Waals surface area (Å²) in [6.45, 7) is 2.81. The SMILES string of the molecule is Cc1cccc(CN(C)c2cc(C(N)=NO)ccn2)c1. The standard InChI is InChI=1S/C15H18N4O/c1-11-4-3-5-12(8-11)10-19(2)14-9-13(6-7-17-14)15(16)18-20/h3-9,20H,10H2,1-2H3,(H2,16,18). The number of aryl methyl sites for hydroxylation is 1. The molecule has 0 radical (unpaired) electrons. The van der Waals surface area contributed by atoms with Gasteiger partial charge >= 0.3 is 0 Å². The maximum absolute atomic E-state index is 8.71. The molecule has 0 spiro atoms. The van der Waals surface area contributed by atoms with Gasteiger partial charge in [-0.25, -0.2) is 4.98 Å². The highest BCUT2D eigenvalue weighted by Crippen LogP contribution is 2.15. The predicted octanol–water partition coefficient (Wildman–Crippen LogP) is 2.12. The second-order valence-electron chi connectivity index (χ2n) is 4.73. The third kappa shape index (κ3) is 3.26. The van der Waals surface area contributed by atoms with Crippen molar-refractivity contribution in [3.8, 4) is 0 Å². The van der Waals surface area contributed by atoms with Gasteiger partial charge in [-0.3, -0.25) is 0 Å². The fourth-order valence-corrected chi connectivity index (χ4v) is 2.01. The summed E-state index contributed by atoms with van der Waals surface area (Å²) in [7, 11) is 1.96. The van der Waals surface area contributed by atoms with Crippen LogP contribution in [0, 0.1) is 6.92 Å². The first-order valence-corrected chi connectivity index (χ1v) is 6.31. The second-order valence-corrected chi connectivity index (χ2v) is 4.73. The van der Waals surface area contributed by atoms with Crippen LogP contribution in [0.3, 0.4) is 0 Å². The molecule has 0 aliphatic rings. The number of pyridine rings is 1. The molecule has 1 heterocycles. The molecule has 2 rings (SSSR count). The van der Waals surface area contributed by atoms with Crippen LogP contribution in [-0.4, -0.2) is 23.1 Å². The number of anilines is 1. The maximum Gasteiger partial charge on any atom is 0.170 e. The van der Waals surface area contributed by atoms with Gasteiger partial charge in [-0.15, -0.1) is 0 Å². The first-order valence-electron chi connectivity index (χ1n) is 6.31. The zero-order chi connectivity index (χ0) is 14.5. The molecule has 0 aliphatic carbocycles. The minimum atomic E-state index is 0.0811. The van der Waals surface area contributed by atoms with E-state index in [4.69, 9.17) is 10.9 Å². The number of benzene rings is 1. The lowest BCUT2D eigenvalue weighted by atomic mass is 10.1. The predicted molar refractivity (Wildman–Crippen MR) is 80.0 cm³/mol. The molecule has 5 heteroatoms. The third-order valence-corrected chi connectivity index (χ3v) is 3.04. The lowest BCUT2D eigenvalue weighted by Gasteiger charge is -2.19. The van der Waals surface area contributed by atoms with Gasteiger partial charge in [0.15, 0.2) is 5.84 Å². The molecule has 0 atom stereocenters. The molecule has 104 valence electrons. The summed E-state index contributed by atoms with van der Waals surface area (Å²) >= 11 is 0. The minimum absolute atomic E-state index is 0.0811. The molecule has 0 aliphatic heterocycles. The van der Waals surface area contributed by atoms with E-state index < -0.39 is 0 Å². The Morgan fingerprint density at radius 2 is 2.15 bits per heavy atom. The molecular weight excluding hydrogens is 252 g/mol. The normalized spacial score (nSPS) is 11.4. The van der Waals surface area contributed by atoms with Crippen LogP contribution >= 0.6 is 0 Å². The first kappa shape index (κ1) is 13.9. The first-order chi connectivity index (χ1) is 9.60. The summed E-state index contributed by atoms with van der Waals surface area (Å²) in [6, 6.07) is 11.8. The minimum Gasteiger partial charge on any atom is -0.409 e. The molecule has 1 aromatic carbocycles. The Hall–Kier alpha value is -2.56. The maximum atomic E-state index is 8.71. The number of rotatable bonds is 4. The van der Waals surface area contributed by atoms with Crippen molar-refractivity contribution in [2.45, 2.75) is 13.5 Å². The van der Waals surface area contributed by atoms with E-state index in [-0.39, 0.29) is 5.84 Å². The zero-order valence-electron chi connectivity index (χ0n) is 11.6. The van der Waals surface area contributed by atoms with Gasteiger partial charge in [-0.2, -0.15) is 0 Å². The van der Waals surface area contributed by atoms with Crippen molar-refractivity contribution in [3.63, 3.8) is 0 Å². The average molecular weight is 270 g/mol. The Labute approximate surface area is 118 Å². The second kappa shape index (κ2) is 6.06. The summed E-state index contributed by atoms with van der Waals surface area (Å²) in [5, 5.41) is 11.7. The van der Waals surface area contributed by atoms with Crippen molar-refractivity contribution < 1.29 is 5.21 Å². The number of hydrogen-bond donors (Lipinski definition) is 2. The molecule has 0 bridgehead atoms. The van der Waals surface area contributed by atoms with Crippen LogP contribution in [0.15, 0.2) is 47.8 Å². The molecule has 20 heavy (non-hydrogen) atoms. The van der Waals surface area contributed by atoms with Crippen molar-refractivity contribution in [1.82, 2.24) is 4.98 Å². The number of amidine groups is 1. The number of nitrogens with zero attached hydrogens (tertiary/aromatic N) is 3. The highest BCUT2D eigenvalue weighted by Gasteiger charge is 2.07. The van der Waals surface area contributed by atoms with Crippen molar-refractivity contribution >= 4 is 11.7 Å². The van der Waals surface area contributed by atoms with E-state index in [2.05, 4.69) is 35.3 Å². The van der Waals surface area contributed by atoms with E-state index >= 15 is 0 Å². The molecule has 0 saturated carbocycles. The van der Waals surface area contributed by atoms with E-state index in [1.54, 1.807) is 18.3 Å². The van der Waals surface area contributed by atoms with E-state index in [1.165, 1.54) is 11.1 Å². The Kier molecular flexibility index (Phi) is 4.20. The fraction of sp³-hybridized carbons (Fsp3) is 0.200. The van der Waals surface area contributed by atoms with Gasteiger partial charge in [0.2, 0.25) is 0 Å².